The molecule has 0 bridgehead atoms. The van der Waals surface area contributed by atoms with Crippen LogP contribution in [0.4, 0.5) is 5.69 Å². The first kappa shape index (κ1) is 20.2. The molecule has 146 valence electrons. The second-order valence-corrected chi connectivity index (χ2v) is 7.13. The van der Waals surface area contributed by atoms with Crippen LogP contribution in [0.2, 0.25) is 10.0 Å². The van der Waals surface area contributed by atoms with Gasteiger partial charge in [0, 0.05) is 11.3 Å². The van der Waals surface area contributed by atoms with Crippen molar-refractivity contribution in [1.29, 1.82) is 0 Å². The average Bonchev–Trinajstić information content (AvgIpc) is 2.94. The summed E-state index contributed by atoms with van der Waals surface area (Å²) in [6, 6.07) is 12.7. The van der Waals surface area contributed by atoms with E-state index in [9.17, 15) is 4.79 Å². The van der Waals surface area contributed by atoms with Crippen LogP contribution in [0.1, 0.15) is 23.9 Å². The third-order valence-electron chi connectivity index (χ3n) is 4.39. The number of nitrogens with one attached hydrogen (secondary N) is 1. The van der Waals surface area contributed by atoms with Gasteiger partial charge in [0.15, 0.2) is 0 Å². The Hall–Kier alpha value is -2.50. The second kappa shape index (κ2) is 8.67. The van der Waals surface area contributed by atoms with Gasteiger partial charge in [-0.1, -0.05) is 35.3 Å². The lowest BCUT2D eigenvalue weighted by atomic mass is 10.1. The molecular weight excluding hydrogens is 397 g/mol. The lowest BCUT2D eigenvalue weighted by Gasteiger charge is -2.11. The van der Waals surface area contributed by atoms with E-state index >= 15 is 0 Å². The summed E-state index contributed by atoms with van der Waals surface area (Å²) >= 11 is 12.1. The Balaban J connectivity index is 1.82. The number of anilines is 1. The molecule has 0 radical (unpaired) electrons. The third-order valence-corrected chi connectivity index (χ3v) is 5.13. The summed E-state index contributed by atoms with van der Waals surface area (Å²) in [5.41, 5.74) is 3.99. The van der Waals surface area contributed by atoms with Gasteiger partial charge in [-0.2, -0.15) is 5.10 Å². The zero-order chi connectivity index (χ0) is 20.3. The fourth-order valence-corrected chi connectivity index (χ4v) is 3.30. The smallest absolute Gasteiger partial charge is 0.229 e. The molecule has 1 aromatic heterocycles. The maximum absolute atomic E-state index is 12.6. The van der Waals surface area contributed by atoms with Gasteiger partial charge in [-0.15, -0.1) is 0 Å². The van der Waals surface area contributed by atoms with Crippen LogP contribution in [-0.2, 0) is 11.2 Å². The summed E-state index contributed by atoms with van der Waals surface area (Å²) in [4.78, 5) is 12.6. The van der Waals surface area contributed by atoms with Crippen LogP contribution in [-0.4, -0.2) is 22.3 Å². The number of amides is 1. The van der Waals surface area contributed by atoms with Gasteiger partial charge in [0.05, 0.1) is 40.1 Å². The molecule has 1 heterocycles. The summed E-state index contributed by atoms with van der Waals surface area (Å²) in [6.45, 7) is 6.25. The van der Waals surface area contributed by atoms with Crippen molar-refractivity contribution in [3.05, 3.63) is 69.5 Å². The maximum Gasteiger partial charge on any atom is 0.229 e. The van der Waals surface area contributed by atoms with Crippen molar-refractivity contribution in [2.45, 2.75) is 27.2 Å². The molecule has 2 aromatic carbocycles. The highest BCUT2D eigenvalue weighted by Crippen LogP contribution is 2.27. The Kier molecular flexibility index (Phi) is 6.27. The van der Waals surface area contributed by atoms with Crippen LogP contribution in [0.25, 0.3) is 5.69 Å². The minimum Gasteiger partial charge on any atom is -0.492 e. The van der Waals surface area contributed by atoms with E-state index in [0.29, 0.717) is 28.1 Å². The Bertz CT molecular complexity index is 1010. The standard InChI is InChI=1S/C21H21Cl2N3O2/c1-4-28-20-8-6-5-7-19(20)24-21(27)12-16-13(2)25-26(14(16)3)15-9-10-17(22)18(23)11-15/h5-11H,4,12H2,1-3H3,(H,24,27). The molecule has 0 unspecified atom stereocenters. The Morgan fingerprint density at radius 3 is 2.61 bits per heavy atom. The van der Waals surface area contributed by atoms with E-state index in [1.165, 1.54) is 0 Å². The van der Waals surface area contributed by atoms with Crippen LogP contribution >= 0.6 is 23.2 Å². The number of hydrogen-bond donors (Lipinski definition) is 1. The minimum atomic E-state index is -0.132. The topological polar surface area (TPSA) is 56.1 Å². The van der Waals surface area contributed by atoms with E-state index in [-0.39, 0.29) is 12.3 Å². The van der Waals surface area contributed by atoms with Gasteiger partial charge in [0.25, 0.3) is 0 Å². The quantitative estimate of drug-likeness (QED) is 0.585. The molecule has 1 N–H and O–H groups in total. The lowest BCUT2D eigenvalue weighted by Crippen LogP contribution is -2.16. The normalized spacial score (nSPS) is 10.8. The Morgan fingerprint density at radius 1 is 1.14 bits per heavy atom. The van der Waals surface area contributed by atoms with E-state index in [2.05, 4.69) is 10.4 Å². The van der Waals surface area contributed by atoms with Crippen molar-refractivity contribution in [1.82, 2.24) is 9.78 Å². The van der Waals surface area contributed by atoms with E-state index in [1.807, 2.05) is 51.1 Å². The largest absolute Gasteiger partial charge is 0.492 e. The molecule has 0 aliphatic rings. The third kappa shape index (κ3) is 4.32. The highest BCUT2D eigenvalue weighted by molar-refractivity contribution is 6.42. The number of rotatable bonds is 6. The van der Waals surface area contributed by atoms with Crippen LogP contribution in [0.15, 0.2) is 42.5 Å². The molecular formula is C21H21Cl2N3O2. The molecule has 1 amide bonds. The number of ether oxygens (including phenoxy) is 1. The molecule has 3 rings (SSSR count). The van der Waals surface area contributed by atoms with E-state index in [4.69, 9.17) is 27.9 Å². The van der Waals surface area contributed by atoms with Gasteiger partial charge >= 0.3 is 0 Å². The number of nitrogens with zero attached hydrogens (tertiary/aromatic N) is 2. The fourth-order valence-electron chi connectivity index (χ4n) is 3.01. The maximum atomic E-state index is 12.6. The van der Waals surface area contributed by atoms with Crippen molar-refractivity contribution in [2.24, 2.45) is 0 Å². The summed E-state index contributed by atoms with van der Waals surface area (Å²) in [5.74, 6) is 0.519. The summed E-state index contributed by atoms with van der Waals surface area (Å²) < 4.78 is 7.34. The molecule has 0 aliphatic heterocycles. The molecule has 0 saturated heterocycles. The van der Waals surface area contributed by atoms with Gasteiger partial charge in [-0.25, -0.2) is 4.68 Å². The van der Waals surface area contributed by atoms with Crippen molar-refractivity contribution < 1.29 is 9.53 Å². The number of carbonyl (C=O) groups is 1. The first-order valence-corrected chi connectivity index (χ1v) is 9.68. The van der Waals surface area contributed by atoms with Gasteiger partial charge in [-0.05, 0) is 51.1 Å². The number of carbonyl (C=O) groups excluding carboxylic acids is 1. The van der Waals surface area contributed by atoms with Crippen LogP contribution < -0.4 is 10.1 Å². The predicted molar refractivity (Wildman–Crippen MR) is 113 cm³/mol. The molecule has 7 heteroatoms. The predicted octanol–water partition coefficient (Wildman–Crippen LogP) is 5.38. The number of aromatic nitrogens is 2. The Labute approximate surface area is 174 Å². The number of para-hydroxylation sites is 2. The minimum absolute atomic E-state index is 0.132. The molecule has 0 fully saturated rings. The summed E-state index contributed by atoms with van der Waals surface area (Å²) in [5, 5.41) is 8.44. The first-order valence-electron chi connectivity index (χ1n) is 8.93. The van der Waals surface area contributed by atoms with Crippen molar-refractivity contribution >= 4 is 34.8 Å². The Morgan fingerprint density at radius 2 is 1.89 bits per heavy atom. The van der Waals surface area contributed by atoms with Crippen LogP contribution in [0, 0.1) is 13.8 Å². The van der Waals surface area contributed by atoms with Crippen LogP contribution in [0.3, 0.4) is 0 Å². The van der Waals surface area contributed by atoms with E-state index in [0.717, 1.165) is 22.6 Å². The number of aryl methyl sites for hydroxylation is 1. The number of halogens is 2. The molecule has 28 heavy (non-hydrogen) atoms. The lowest BCUT2D eigenvalue weighted by molar-refractivity contribution is -0.115. The number of hydrogen-bond acceptors (Lipinski definition) is 3. The monoisotopic (exact) mass is 417 g/mol. The molecule has 3 aromatic rings. The number of benzene rings is 2. The van der Waals surface area contributed by atoms with E-state index < -0.39 is 0 Å². The summed E-state index contributed by atoms with van der Waals surface area (Å²) in [6.07, 6.45) is 0.208. The molecule has 0 spiro atoms. The van der Waals surface area contributed by atoms with Gasteiger partial charge in [0.1, 0.15) is 5.75 Å². The fraction of sp³-hybridized carbons (Fsp3) is 0.238. The van der Waals surface area contributed by atoms with Gasteiger partial charge in [0.2, 0.25) is 5.91 Å². The zero-order valence-corrected chi connectivity index (χ0v) is 17.4. The SMILES string of the molecule is CCOc1ccccc1NC(=O)Cc1c(C)nn(-c2ccc(Cl)c(Cl)c2)c1C. The molecule has 0 atom stereocenters. The van der Waals surface area contributed by atoms with Crippen LogP contribution in [0.5, 0.6) is 5.75 Å². The van der Waals surface area contributed by atoms with Crippen molar-refractivity contribution in [3.8, 4) is 11.4 Å². The average molecular weight is 418 g/mol. The second-order valence-electron chi connectivity index (χ2n) is 6.31. The summed E-state index contributed by atoms with van der Waals surface area (Å²) in [7, 11) is 0. The molecule has 5 nitrogen and oxygen atoms in total. The first-order chi connectivity index (χ1) is 13.4. The zero-order valence-electron chi connectivity index (χ0n) is 15.9. The highest BCUT2D eigenvalue weighted by atomic mass is 35.5. The highest BCUT2D eigenvalue weighted by Gasteiger charge is 2.17. The molecule has 0 aliphatic carbocycles. The van der Waals surface area contributed by atoms with Crippen molar-refractivity contribution in [3.63, 3.8) is 0 Å². The van der Waals surface area contributed by atoms with Gasteiger partial charge < -0.3 is 10.1 Å². The van der Waals surface area contributed by atoms with Gasteiger partial charge in [-0.3, -0.25) is 4.79 Å². The molecule has 0 saturated carbocycles. The van der Waals surface area contributed by atoms with Crippen molar-refractivity contribution in [2.75, 3.05) is 11.9 Å². The van der Waals surface area contributed by atoms with E-state index in [1.54, 1.807) is 16.8 Å².